The van der Waals surface area contributed by atoms with Crippen molar-refractivity contribution in [3.63, 3.8) is 0 Å². The second kappa shape index (κ2) is 7.55. The fourth-order valence-corrected chi connectivity index (χ4v) is 1.11. The lowest BCUT2D eigenvalue weighted by Gasteiger charge is -2.08. The number of hydrazine groups is 1. The first-order chi connectivity index (χ1) is 9.15. The first-order valence-electron chi connectivity index (χ1n) is 5.37. The van der Waals surface area contributed by atoms with Gasteiger partial charge < -0.3 is 9.47 Å². The number of methoxy groups -OCH3 is 1. The number of nitriles is 1. The molecule has 0 aliphatic rings. The van der Waals surface area contributed by atoms with Gasteiger partial charge >= 0.3 is 0 Å². The van der Waals surface area contributed by atoms with Crippen molar-refractivity contribution in [3.8, 4) is 17.6 Å². The number of benzene rings is 1. The molecule has 0 aromatic heterocycles. The normalized spacial score (nSPS) is 9.05. The van der Waals surface area contributed by atoms with Crippen LogP contribution in [0.5, 0.6) is 11.5 Å². The molecule has 7 nitrogen and oxygen atoms in total. The summed E-state index contributed by atoms with van der Waals surface area (Å²) in [4.78, 5) is 22.2. The molecular formula is C12H13N3O4. The monoisotopic (exact) mass is 263 g/mol. The predicted molar refractivity (Wildman–Crippen MR) is 65.0 cm³/mol. The lowest BCUT2D eigenvalue weighted by Crippen LogP contribution is -2.43. The van der Waals surface area contributed by atoms with Crippen molar-refractivity contribution >= 4 is 11.8 Å². The highest BCUT2D eigenvalue weighted by molar-refractivity contribution is 5.83. The van der Waals surface area contributed by atoms with Crippen molar-refractivity contribution in [2.45, 2.75) is 6.42 Å². The van der Waals surface area contributed by atoms with Crippen molar-refractivity contribution in [2.75, 3.05) is 13.7 Å². The van der Waals surface area contributed by atoms with Crippen molar-refractivity contribution in [2.24, 2.45) is 0 Å². The van der Waals surface area contributed by atoms with Gasteiger partial charge in [-0.2, -0.15) is 5.26 Å². The minimum Gasteiger partial charge on any atom is -0.497 e. The molecule has 0 unspecified atom stereocenters. The van der Waals surface area contributed by atoms with Crippen LogP contribution in [0.4, 0.5) is 0 Å². The van der Waals surface area contributed by atoms with Crippen LogP contribution in [0, 0.1) is 11.3 Å². The maximum absolute atomic E-state index is 11.3. The summed E-state index contributed by atoms with van der Waals surface area (Å²) in [6.45, 7) is -0.251. The van der Waals surface area contributed by atoms with E-state index in [9.17, 15) is 9.59 Å². The Balaban J connectivity index is 2.29. The van der Waals surface area contributed by atoms with Crippen molar-refractivity contribution < 1.29 is 19.1 Å². The van der Waals surface area contributed by atoms with Crippen LogP contribution in [0.15, 0.2) is 24.3 Å². The summed E-state index contributed by atoms with van der Waals surface area (Å²) < 4.78 is 10.1. The molecule has 1 aromatic carbocycles. The number of carbonyl (C=O) groups excluding carboxylic acids is 2. The number of hydrogen-bond acceptors (Lipinski definition) is 5. The van der Waals surface area contributed by atoms with E-state index >= 15 is 0 Å². The van der Waals surface area contributed by atoms with E-state index in [4.69, 9.17) is 14.7 Å². The van der Waals surface area contributed by atoms with Gasteiger partial charge in [0.15, 0.2) is 6.61 Å². The van der Waals surface area contributed by atoms with E-state index in [-0.39, 0.29) is 13.0 Å². The predicted octanol–water partition coefficient (Wildman–Crippen LogP) is 0.135. The van der Waals surface area contributed by atoms with Gasteiger partial charge in [0.1, 0.15) is 17.9 Å². The number of amides is 2. The quantitative estimate of drug-likeness (QED) is 0.736. The van der Waals surface area contributed by atoms with Crippen molar-refractivity contribution in [1.29, 1.82) is 5.26 Å². The largest absolute Gasteiger partial charge is 0.497 e. The molecule has 0 saturated carbocycles. The third-order valence-electron chi connectivity index (χ3n) is 2.01. The second-order valence-electron chi connectivity index (χ2n) is 3.40. The molecule has 2 amide bonds. The summed E-state index contributed by atoms with van der Waals surface area (Å²) in [5.74, 6) is 0.0716. The molecule has 0 fully saturated rings. The molecule has 0 aliphatic heterocycles. The van der Waals surface area contributed by atoms with Crippen LogP contribution in [0.3, 0.4) is 0 Å². The molecule has 100 valence electrons. The van der Waals surface area contributed by atoms with Crippen LogP contribution in [0.1, 0.15) is 6.42 Å². The second-order valence-corrected chi connectivity index (χ2v) is 3.40. The molecular weight excluding hydrogens is 250 g/mol. The van der Waals surface area contributed by atoms with Gasteiger partial charge in [0, 0.05) is 0 Å². The summed E-state index contributed by atoms with van der Waals surface area (Å²) in [5.41, 5.74) is 4.20. The Bertz CT molecular complexity index is 479. The minimum atomic E-state index is -0.583. The zero-order valence-corrected chi connectivity index (χ0v) is 10.3. The van der Waals surface area contributed by atoms with Crippen LogP contribution in [0.2, 0.25) is 0 Å². The smallest absolute Gasteiger partial charge is 0.276 e. The van der Waals surface area contributed by atoms with Gasteiger partial charge in [-0.25, -0.2) is 0 Å². The van der Waals surface area contributed by atoms with Gasteiger partial charge in [-0.15, -0.1) is 0 Å². The summed E-state index contributed by atoms with van der Waals surface area (Å²) in [7, 11) is 1.55. The van der Waals surface area contributed by atoms with Gasteiger partial charge in [0.25, 0.3) is 11.8 Å². The third-order valence-corrected chi connectivity index (χ3v) is 2.01. The number of carbonyl (C=O) groups is 2. The highest BCUT2D eigenvalue weighted by Crippen LogP contribution is 2.16. The molecule has 0 bridgehead atoms. The summed E-state index contributed by atoms with van der Waals surface area (Å²) >= 11 is 0. The SMILES string of the molecule is COc1ccc(OCC(=O)NNC(=O)CC#N)cc1. The van der Waals surface area contributed by atoms with Crippen LogP contribution in [-0.2, 0) is 9.59 Å². The maximum atomic E-state index is 11.3. The Morgan fingerprint density at radius 3 is 2.32 bits per heavy atom. The highest BCUT2D eigenvalue weighted by Gasteiger charge is 2.05. The van der Waals surface area contributed by atoms with Crippen LogP contribution in [-0.4, -0.2) is 25.5 Å². The minimum absolute atomic E-state index is 0.251. The molecule has 0 heterocycles. The topological polar surface area (TPSA) is 100 Å². The number of nitrogens with zero attached hydrogens (tertiary/aromatic N) is 1. The van der Waals surface area contributed by atoms with Gasteiger partial charge in [0.2, 0.25) is 0 Å². The Labute approximate surface area is 110 Å². The van der Waals surface area contributed by atoms with E-state index in [2.05, 4.69) is 10.9 Å². The molecule has 2 N–H and O–H groups in total. The molecule has 7 heteroatoms. The number of ether oxygens (including phenoxy) is 2. The highest BCUT2D eigenvalue weighted by atomic mass is 16.5. The molecule has 0 spiro atoms. The Morgan fingerprint density at radius 2 is 1.74 bits per heavy atom. The fraction of sp³-hybridized carbons (Fsp3) is 0.250. The number of nitrogens with one attached hydrogen (secondary N) is 2. The lowest BCUT2D eigenvalue weighted by molar-refractivity contribution is -0.129. The maximum Gasteiger partial charge on any atom is 0.276 e. The lowest BCUT2D eigenvalue weighted by atomic mass is 10.3. The average molecular weight is 263 g/mol. The molecule has 1 rings (SSSR count). The summed E-state index contributed by atoms with van der Waals surface area (Å²) in [6.07, 6.45) is -0.320. The summed E-state index contributed by atoms with van der Waals surface area (Å²) in [5, 5.41) is 8.24. The van der Waals surface area contributed by atoms with Crippen LogP contribution < -0.4 is 20.3 Å². The molecule has 19 heavy (non-hydrogen) atoms. The van der Waals surface area contributed by atoms with Gasteiger partial charge in [-0.1, -0.05) is 0 Å². The summed E-state index contributed by atoms with van der Waals surface area (Å²) in [6, 6.07) is 8.35. The van der Waals surface area contributed by atoms with Gasteiger partial charge in [0.05, 0.1) is 13.2 Å². The van der Waals surface area contributed by atoms with Gasteiger partial charge in [-0.05, 0) is 24.3 Å². The Hall–Kier alpha value is -2.75. The zero-order valence-electron chi connectivity index (χ0n) is 10.3. The Kier molecular flexibility index (Phi) is 5.69. The van der Waals surface area contributed by atoms with E-state index in [0.29, 0.717) is 11.5 Å². The molecule has 1 aromatic rings. The van der Waals surface area contributed by atoms with E-state index < -0.39 is 11.8 Å². The third kappa shape index (κ3) is 5.41. The van der Waals surface area contributed by atoms with Crippen molar-refractivity contribution in [3.05, 3.63) is 24.3 Å². The molecule has 0 radical (unpaired) electrons. The number of rotatable bonds is 5. The first-order valence-corrected chi connectivity index (χ1v) is 5.37. The molecule has 0 atom stereocenters. The first kappa shape index (κ1) is 14.3. The van der Waals surface area contributed by atoms with Gasteiger partial charge in [-0.3, -0.25) is 20.4 Å². The van der Waals surface area contributed by atoms with E-state index in [0.717, 1.165) is 0 Å². The average Bonchev–Trinajstić information content (AvgIpc) is 2.44. The van der Waals surface area contributed by atoms with Crippen molar-refractivity contribution in [1.82, 2.24) is 10.9 Å². The molecule has 0 saturated heterocycles. The van der Waals surface area contributed by atoms with Crippen LogP contribution >= 0.6 is 0 Å². The molecule has 0 aliphatic carbocycles. The standard InChI is InChI=1S/C12H13N3O4/c1-18-9-2-4-10(5-3-9)19-8-12(17)15-14-11(16)6-7-13/h2-5H,6,8H2,1H3,(H,14,16)(H,15,17). The van der Waals surface area contributed by atoms with Crippen LogP contribution in [0.25, 0.3) is 0 Å². The van der Waals surface area contributed by atoms with E-state index in [1.165, 1.54) is 0 Å². The van der Waals surface area contributed by atoms with E-state index in [1.54, 1.807) is 37.4 Å². The number of hydrogen-bond donors (Lipinski definition) is 2. The fourth-order valence-electron chi connectivity index (χ4n) is 1.11. The zero-order chi connectivity index (χ0) is 14.1. The van der Waals surface area contributed by atoms with E-state index in [1.807, 2.05) is 0 Å². The Morgan fingerprint density at radius 1 is 1.16 bits per heavy atom.